The van der Waals surface area contributed by atoms with Crippen LogP contribution in [0.2, 0.25) is 5.02 Å². The molecule has 0 aliphatic carbocycles. The highest BCUT2D eigenvalue weighted by Crippen LogP contribution is 2.46. The molecule has 2 aromatic rings. The van der Waals surface area contributed by atoms with Crippen molar-refractivity contribution in [1.82, 2.24) is 4.90 Å². The predicted molar refractivity (Wildman–Crippen MR) is 138 cm³/mol. The fourth-order valence-electron chi connectivity index (χ4n) is 4.37. The van der Waals surface area contributed by atoms with Gasteiger partial charge in [-0.15, -0.1) is 0 Å². The van der Waals surface area contributed by atoms with Gasteiger partial charge in [-0.1, -0.05) is 11.6 Å². The number of amides is 2. The first-order valence-corrected chi connectivity index (χ1v) is 13.3. The lowest BCUT2D eigenvalue weighted by Gasteiger charge is -2.42. The van der Waals surface area contributed by atoms with Crippen molar-refractivity contribution in [3.63, 3.8) is 0 Å². The topological polar surface area (TPSA) is 101 Å². The van der Waals surface area contributed by atoms with Crippen molar-refractivity contribution in [1.29, 1.82) is 0 Å². The van der Waals surface area contributed by atoms with E-state index in [4.69, 9.17) is 30.5 Å². The highest BCUT2D eigenvalue weighted by molar-refractivity contribution is 7.90. The number of fused-ring (bicyclic) bond motifs is 1. The van der Waals surface area contributed by atoms with Gasteiger partial charge in [0.05, 0.1) is 46.2 Å². The lowest BCUT2D eigenvalue weighted by molar-refractivity contribution is 0.0941. The minimum atomic E-state index is -1.22. The second-order valence-electron chi connectivity index (χ2n) is 8.24. The summed E-state index contributed by atoms with van der Waals surface area (Å²) in [6.07, 6.45) is 0.903. The zero-order valence-corrected chi connectivity index (χ0v) is 22.8. The monoisotopic (exact) mass is 538 g/mol. The third-order valence-electron chi connectivity index (χ3n) is 6.10. The summed E-state index contributed by atoms with van der Waals surface area (Å²) in [5.74, 6) is 0.884. The van der Waals surface area contributed by atoms with Crippen molar-refractivity contribution in [2.24, 2.45) is 0 Å². The van der Waals surface area contributed by atoms with Crippen molar-refractivity contribution in [3.8, 4) is 11.5 Å². The summed E-state index contributed by atoms with van der Waals surface area (Å²) in [6, 6.07) is 7.72. The van der Waals surface area contributed by atoms with Crippen LogP contribution in [-0.2, 0) is 27.2 Å². The van der Waals surface area contributed by atoms with Gasteiger partial charge in [0.25, 0.3) is 0 Å². The van der Waals surface area contributed by atoms with Gasteiger partial charge in [-0.2, -0.15) is 0 Å². The fourth-order valence-corrected chi connectivity index (χ4v) is 5.12. The quantitative estimate of drug-likeness (QED) is 0.449. The zero-order valence-electron chi connectivity index (χ0n) is 21.2. The van der Waals surface area contributed by atoms with Crippen molar-refractivity contribution in [3.05, 3.63) is 46.5 Å². The molecule has 0 saturated carbocycles. The van der Waals surface area contributed by atoms with Crippen LogP contribution in [0.15, 0.2) is 35.2 Å². The lowest BCUT2D eigenvalue weighted by atomic mass is 9.90. The molecule has 0 bridgehead atoms. The van der Waals surface area contributed by atoms with E-state index in [9.17, 15) is 14.1 Å². The van der Waals surface area contributed by atoms with Gasteiger partial charge >= 0.3 is 12.2 Å². The van der Waals surface area contributed by atoms with E-state index in [0.29, 0.717) is 44.7 Å². The Morgan fingerprint density at radius 2 is 1.83 bits per heavy atom. The number of carbonyl (C=O) groups is 2. The number of methoxy groups -OCH3 is 3. The van der Waals surface area contributed by atoms with E-state index in [1.807, 2.05) is 6.92 Å². The molecule has 36 heavy (non-hydrogen) atoms. The molecular formula is C25H31ClN2O7S. The molecule has 0 spiro atoms. The van der Waals surface area contributed by atoms with Crippen LogP contribution < -0.4 is 14.4 Å². The summed E-state index contributed by atoms with van der Waals surface area (Å²) >= 11 is 5.24. The van der Waals surface area contributed by atoms with Crippen molar-refractivity contribution < 1.29 is 33.1 Å². The molecule has 0 saturated heterocycles. The Kier molecular flexibility index (Phi) is 9.21. The summed E-state index contributed by atoms with van der Waals surface area (Å²) in [7, 11) is 4.33. The molecule has 9 nitrogen and oxygen atoms in total. The summed E-state index contributed by atoms with van der Waals surface area (Å²) in [5, 5.41) is 0.433. The van der Waals surface area contributed by atoms with Crippen molar-refractivity contribution >= 4 is 40.7 Å². The molecule has 0 aromatic heterocycles. The number of carbonyl (C=O) groups excluding carboxylic acids is 2. The summed E-state index contributed by atoms with van der Waals surface area (Å²) in [4.78, 5) is 29.7. The van der Waals surface area contributed by atoms with Gasteiger partial charge in [-0.25, -0.2) is 9.59 Å². The number of halogens is 1. The zero-order chi connectivity index (χ0) is 26.6. The van der Waals surface area contributed by atoms with Crippen LogP contribution in [-0.4, -0.2) is 61.9 Å². The lowest BCUT2D eigenvalue weighted by Crippen LogP contribution is -2.47. The van der Waals surface area contributed by atoms with Crippen LogP contribution in [0.5, 0.6) is 11.5 Å². The Hall–Kier alpha value is -2.82. The molecule has 0 fully saturated rings. The van der Waals surface area contributed by atoms with Gasteiger partial charge in [0.1, 0.15) is 6.26 Å². The normalized spacial score (nSPS) is 17.6. The number of rotatable bonds is 7. The molecule has 1 aliphatic heterocycles. The van der Waals surface area contributed by atoms with E-state index in [-0.39, 0.29) is 19.2 Å². The minimum absolute atomic E-state index is 0.0983. The number of hydrogen-bond acceptors (Lipinski definition) is 7. The maximum atomic E-state index is 13.1. The molecule has 196 valence electrons. The largest absolute Gasteiger partial charge is 0.612 e. The molecule has 3 atom stereocenters. The number of ether oxygens (including phenoxy) is 4. The smallest absolute Gasteiger partial charge is 0.414 e. The standard InChI is InChI=1S/C25H31ClN2O7S/c1-7-35-25(30)28-15(2)10-20(18-12-22(32-3)23(33-4)13-21(18)28)27(24(29)34-5)14-16-11-17(36(6)31)8-9-19(16)26/h8-9,11-13,15,20H,7,10,14H2,1-6H3. The maximum absolute atomic E-state index is 13.1. The first-order valence-electron chi connectivity index (χ1n) is 11.3. The third-order valence-corrected chi connectivity index (χ3v) is 7.38. The van der Waals surface area contributed by atoms with Crippen LogP contribution in [0, 0.1) is 0 Å². The van der Waals surface area contributed by atoms with Crippen LogP contribution in [0.1, 0.15) is 37.4 Å². The van der Waals surface area contributed by atoms with Gasteiger partial charge in [-0.3, -0.25) is 9.80 Å². The first-order chi connectivity index (χ1) is 17.2. The predicted octanol–water partition coefficient (Wildman–Crippen LogP) is 5.16. The first kappa shape index (κ1) is 27.8. The number of nitrogens with zero attached hydrogens (tertiary/aromatic N) is 2. The SMILES string of the molecule is CCOC(=O)N1c2cc(OC)c(OC)cc2C(N(Cc2cc([S+](C)[O-])ccc2Cl)C(=O)OC)CC1C. The number of hydrogen-bond donors (Lipinski definition) is 0. The van der Waals surface area contributed by atoms with Gasteiger partial charge < -0.3 is 23.5 Å². The number of anilines is 1. The molecule has 2 amide bonds. The van der Waals surface area contributed by atoms with Crippen LogP contribution >= 0.6 is 11.6 Å². The van der Waals surface area contributed by atoms with E-state index in [2.05, 4.69) is 0 Å². The van der Waals surface area contributed by atoms with Gasteiger partial charge in [0.15, 0.2) is 16.4 Å². The molecule has 11 heteroatoms. The Morgan fingerprint density at radius 1 is 1.17 bits per heavy atom. The maximum Gasteiger partial charge on any atom is 0.414 e. The fraction of sp³-hybridized carbons (Fsp3) is 0.440. The molecule has 3 rings (SSSR count). The van der Waals surface area contributed by atoms with Gasteiger partial charge in [-0.05, 0) is 61.3 Å². The van der Waals surface area contributed by atoms with E-state index in [0.717, 1.165) is 0 Å². The van der Waals surface area contributed by atoms with Crippen molar-refractivity contribution in [2.75, 3.05) is 39.1 Å². The summed E-state index contributed by atoms with van der Waals surface area (Å²) in [5.41, 5.74) is 1.83. The molecule has 0 radical (unpaired) electrons. The minimum Gasteiger partial charge on any atom is -0.612 e. The molecule has 1 aliphatic rings. The Labute approximate surface area is 219 Å². The molecular weight excluding hydrogens is 508 g/mol. The van der Waals surface area contributed by atoms with E-state index in [1.165, 1.54) is 21.3 Å². The molecule has 3 unspecified atom stereocenters. The second-order valence-corrected chi connectivity index (χ2v) is 10.0. The van der Waals surface area contributed by atoms with E-state index < -0.39 is 29.4 Å². The average molecular weight is 539 g/mol. The van der Waals surface area contributed by atoms with E-state index in [1.54, 1.807) is 53.3 Å². The molecule has 2 aromatic carbocycles. The second kappa shape index (κ2) is 11.9. The average Bonchev–Trinajstić information content (AvgIpc) is 2.86. The van der Waals surface area contributed by atoms with Crippen LogP contribution in [0.25, 0.3) is 0 Å². The Morgan fingerprint density at radius 3 is 2.42 bits per heavy atom. The third kappa shape index (κ3) is 5.61. The number of benzene rings is 2. The van der Waals surface area contributed by atoms with Crippen molar-refractivity contribution in [2.45, 2.75) is 43.8 Å². The molecule has 0 N–H and O–H groups in total. The summed E-state index contributed by atoms with van der Waals surface area (Å²) in [6.45, 7) is 3.94. The van der Waals surface area contributed by atoms with Gasteiger partial charge in [0, 0.05) is 22.7 Å². The van der Waals surface area contributed by atoms with E-state index >= 15 is 0 Å². The molecule has 1 heterocycles. The van der Waals surface area contributed by atoms with Crippen LogP contribution in [0.4, 0.5) is 15.3 Å². The highest BCUT2D eigenvalue weighted by Gasteiger charge is 2.40. The highest BCUT2D eigenvalue weighted by atomic mass is 35.5. The summed E-state index contributed by atoms with van der Waals surface area (Å²) < 4.78 is 33.5. The Bertz CT molecular complexity index is 1110. The Balaban J connectivity index is 2.16. The van der Waals surface area contributed by atoms with Crippen LogP contribution in [0.3, 0.4) is 0 Å². The van der Waals surface area contributed by atoms with Gasteiger partial charge in [0.2, 0.25) is 0 Å².